The summed E-state index contributed by atoms with van der Waals surface area (Å²) in [5.41, 5.74) is 7.53. The highest BCUT2D eigenvalue weighted by molar-refractivity contribution is 7.13. The fourth-order valence-electron chi connectivity index (χ4n) is 2.92. The quantitative estimate of drug-likeness (QED) is 0.721. The number of anilines is 1. The number of carbonyl (C=O) groups excluding carboxylic acids is 1. The number of pyridine rings is 1. The maximum atomic E-state index is 12.8. The number of hydrogen-bond donors (Lipinski definition) is 2. The van der Waals surface area contributed by atoms with Crippen LogP contribution in [0.25, 0.3) is 0 Å². The summed E-state index contributed by atoms with van der Waals surface area (Å²) in [5, 5.41) is 5.60. The van der Waals surface area contributed by atoms with Crippen LogP contribution in [-0.4, -0.2) is 53.6 Å². The van der Waals surface area contributed by atoms with Gasteiger partial charge in [0.15, 0.2) is 5.13 Å². The van der Waals surface area contributed by atoms with Crippen LogP contribution in [0.1, 0.15) is 23.7 Å². The zero-order valence-electron chi connectivity index (χ0n) is 14.1. The van der Waals surface area contributed by atoms with Crippen molar-refractivity contribution in [3.8, 4) is 0 Å². The van der Waals surface area contributed by atoms with E-state index in [1.54, 1.807) is 12.4 Å². The number of nitrogen functional groups attached to an aromatic ring is 1. The number of thiazole rings is 1. The first-order valence-corrected chi connectivity index (χ1v) is 9.31. The normalized spacial score (nSPS) is 16.5. The summed E-state index contributed by atoms with van der Waals surface area (Å²) in [5.74, 6) is 0.00712. The van der Waals surface area contributed by atoms with Gasteiger partial charge in [0, 0.05) is 37.4 Å². The highest BCUT2D eigenvalue weighted by Gasteiger charge is 2.28. The van der Waals surface area contributed by atoms with Gasteiger partial charge < -0.3 is 15.8 Å². The average molecular weight is 361 g/mol. The minimum absolute atomic E-state index is 0.00712. The number of nitrogens with two attached hydrogens (primary N) is 1. The van der Waals surface area contributed by atoms with Crippen LogP contribution >= 0.6 is 11.3 Å². The van der Waals surface area contributed by atoms with E-state index in [1.807, 2.05) is 17.5 Å². The number of hydrogen-bond acceptors (Lipinski definition) is 7. The van der Waals surface area contributed by atoms with Gasteiger partial charge in [-0.3, -0.25) is 14.7 Å². The number of aryl methyl sites for hydroxylation is 1. The van der Waals surface area contributed by atoms with E-state index in [1.165, 1.54) is 11.3 Å². The molecule has 1 saturated heterocycles. The van der Waals surface area contributed by atoms with Crippen molar-refractivity contribution in [3.05, 3.63) is 41.2 Å². The first-order chi connectivity index (χ1) is 12.2. The van der Waals surface area contributed by atoms with E-state index < -0.39 is 0 Å². The van der Waals surface area contributed by atoms with E-state index in [-0.39, 0.29) is 11.9 Å². The Labute approximate surface area is 151 Å². The van der Waals surface area contributed by atoms with Crippen LogP contribution in [0, 0.1) is 0 Å². The third kappa shape index (κ3) is 4.97. The minimum Gasteiger partial charge on any atom is -0.379 e. The SMILES string of the molecule is Nc1nc(CCCNC(=O)C(c2cccnc2)N2CCOCC2)cs1. The molecule has 1 atom stereocenters. The number of nitrogens with one attached hydrogen (secondary N) is 1. The molecule has 0 spiro atoms. The fraction of sp³-hybridized carbons (Fsp3) is 0.471. The Morgan fingerprint density at radius 3 is 2.96 bits per heavy atom. The molecule has 8 heteroatoms. The molecule has 3 N–H and O–H groups in total. The van der Waals surface area contributed by atoms with Crippen molar-refractivity contribution >= 4 is 22.4 Å². The van der Waals surface area contributed by atoms with Crippen molar-refractivity contribution in [3.63, 3.8) is 0 Å². The van der Waals surface area contributed by atoms with Gasteiger partial charge >= 0.3 is 0 Å². The molecule has 134 valence electrons. The van der Waals surface area contributed by atoms with Crippen molar-refractivity contribution in [1.82, 2.24) is 20.2 Å². The fourth-order valence-corrected chi connectivity index (χ4v) is 3.51. The van der Waals surface area contributed by atoms with Crippen molar-refractivity contribution in [2.45, 2.75) is 18.9 Å². The van der Waals surface area contributed by atoms with Gasteiger partial charge in [0.1, 0.15) is 6.04 Å². The lowest BCUT2D eigenvalue weighted by molar-refractivity contribution is -0.128. The molecule has 2 aromatic heterocycles. The van der Waals surface area contributed by atoms with Crippen LogP contribution in [0.2, 0.25) is 0 Å². The second kappa shape index (κ2) is 8.89. The Balaban J connectivity index is 1.57. The molecule has 1 aliphatic rings. The molecule has 1 fully saturated rings. The second-order valence-corrected chi connectivity index (χ2v) is 6.80. The lowest BCUT2D eigenvalue weighted by Gasteiger charge is -2.33. The minimum atomic E-state index is -0.326. The molecule has 0 bridgehead atoms. The number of amides is 1. The number of ether oxygens (including phenoxy) is 1. The Morgan fingerprint density at radius 1 is 1.44 bits per heavy atom. The lowest BCUT2D eigenvalue weighted by atomic mass is 10.1. The highest BCUT2D eigenvalue weighted by Crippen LogP contribution is 2.21. The van der Waals surface area contributed by atoms with Crippen LogP contribution < -0.4 is 11.1 Å². The van der Waals surface area contributed by atoms with E-state index in [0.29, 0.717) is 24.9 Å². The first-order valence-electron chi connectivity index (χ1n) is 8.43. The van der Waals surface area contributed by atoms with Gasteiger partial charge in [0.2, 0.25) is 5.91 Å². The standard InChI is InChI=1S/C17H23N5O2S/c18-17-21-14(12-25-17)4-2-6-20-16(23)15(13-3-1-5-19-11-13)22-7-9-24-10-8-22/h1,3,5,11-12,15H,2,4,6-10H2,(H2,18,21)(H,20,23). The number of nitrogens with zero attached hydrogens (tertiary/aromatic N) is 3. The highest BCUT2D eigenvalue weighted by atomic mass is 32.1. The van der Waals surface area contributed by atoms with E-state index in [9.17, 15) is 4.79 Å². The summed E-state index contributed by atoms with van der Waals surface area (Å²) in [6.45, 7) is 3.39. The predicted molar refractivity (Wildman–Crippen MR) is 97.2 cm³/mol. The summed E-state index contributed by atoms with van der Waals surface area (Å²) in [7, 11) is 0. The maximum Gasteiger partial charge on any atom is 0.242 e. The zero-order valence-corrected chi connectivity index (χ0v) is 14.9. The van der Waals surface area contributed by atoms with Crippen LogP contribution in [0.4, 0.5) is 5.13 Å². The largest absolute Gasteiger partial charge is 0.379 e. The van der Waals surface area contributed by atoms with Gasteiger partial charge in [0.25, 0.3) is 0 Å². The molecular weight excluding hydrogens is 338 g/mol. The van der Waals surface area contributed by atoms with Crippen molar-refractivity contribution < 1.29 is 9.53 Å². The molecule has 0 radical (unpaired) electrons. The second-order valence-electron chi connectivity index (χ2n) is 5.91. The summed E-state index contributed by atoms with van der Waals surface area (Å²) < 4.78 is 5.41. The third-order valence-corrected chi connectivity index (χ3v) is 4.86. The molecule has 3 heterocycles. The molecular formula is C17H23N5O2S. The number of carbonyl (C=O) groups is 1. The van der Waals surface area contributed by atoms with E-state index in [0.717, 1.165) is 37.2 Å². The van der Waals surface area contributed by atoms with Gasteiger partial charge in [-0.15, -0.1) is 11.3 Å². The van der Waals surface area contributed by atoms with Crippen molar-refractivity contribution in [1.29, 1.82) is 0 Å². The molecule has 3 rings (SSSR count). The predicted octanol–water partition coefficient (Wildman–Crippen LogP) is 1.24. The molecule has 1 amide bonds. The lowest BCUT2D eigenvalue weighted by Crippen LogP contribution is -2.46. The van der Waals surface area contributed by atoms with E-state index >= 15 is 0 Å². The summed E-state index contributed by atoms with van der Waals surface area (Å²) in [6, 6.07) is 3.49. The van der Waals surface area contributed by atoms with Crippen LogP contribution in [0.15, 0.2) is 29.9 Å². The monoisotopic (exact) mass is 361 g/mol. The number of morpholine rings is 1. The maximum absolute atomic E-state index is 12.8. The molecule has 7 nitrogen and oxygen atoms in total. The Morgan fingerprint density at radius 2 is 2.28 bits per heavy atom. The molecule has 25 heavy (non-hydrogen) atoms. The zero-order chi connectivity index (χ0) is 17.5. The third-order valence-electron chi connectivity index (χ3n) is 4.14. The molecule has 0 saturated carbocycles. The van der Waals surface area contributed by atoms with Gasteiger partial charge in [-0.2, -0.15) is 0 Å². The van der Waals surface area contributed by atoms with Gasteiger partial charge in [-0.25, -0.2) is 4.98 Å². The molecule has 2 aromatic rings. The number of rotatable bonds is 7. The summed E-state index contributed by atoms with van der Waals surface area (Å²) in [4.78, 5) is 23.4. The topological polar surface area (TPSA) is 93.4 Å². The number of aromatic nitrogens is 2. The van der Waals surface area contributed by atoms with Crippen LogP contribution in [0.5, 0.6) is 0 Å². The Kier molecular flexibility index (Phi) is 6.32. The molecule has 0 aliphatic carbocycles. The van der Waals surface area contributed by atoms with E-state index in [2.05, 4.69) is 20.2 Å². The molecule has 1 unspecified atom stereocenters. The van der Waals surface area contributed by atoms with Crippen LogP contribution in [0.3, 0.4) is 0 Å². The van der Waals surface area contributed by atoms with Crippen molar-refractivity contribution in [2.24, 2.45) is 0 Å². The van der Waals surface area contributed by atoms with Crippen molar-refractivity contribution in [2.75, 3.05) is 38.6 Å². The van der Waals surface area contributed by atoms with Gasteiger partial charge in [-0.05, 0) is 24.5 Å². The van der Waals surface area contributed by atoms with E-state index in [4.69, 9.17) is 10.5 Å². The Bertz CT molecular complexity index is 673. The first kappa shape index (κ1) is 17.8. The average Bonchev–Trinajstić information content (AvgIpc) is 3.06. The summed E-state index contributed by atoms with van der Waals surface area (Å²) >= 11 is 1.44. The molecule has 0 aromatic carbocycles. The summed E-state index contributed by atoms with van der Waals surface area (Å²) in [6.07, 6.45) is 5.12. The Hall–Kier alpha value is -2.03. The smallest absolute Gasteiger partial charge is 0.242 e. The van der Waals surface area contributed by atoms with Crippen LogP contribution in [-0.2, 0) is 16.0 Å². The molecule has 1 aliphatic heterocycles. The van der Waals surface area contributed by atoms with Gasteiger partial charge in [-0.1, -0.05) is 6.07 Å². The van der Waals surface area contributed by atoms with Gasteiger partial charge in [0.05, 0.1) is 18.9 Å².